The Kier molecular flexibility index (Phi) is 6.19. The van der Waals surface area contributed by atoms with Crippen LogP contribution in [0.4, 0.5) is 0 Å². The monoisotopic (exact) mass is 421 g/mol. The second kappa shape index (κ2) is 8.84. The predicted molar refractivity (Wildman–Crippen MR) is 124 cm³/mol. The summed E-state index contributed by atoms with van der Waals surface area (Å²) in [6.07, 6.45) is 5.02. The molecule has 1 saturated carbocycles. The molecule has 0 amide bonds. The van der Waals surface area contributed by atoms with Gasteiger partial charge >= 0.3 is 0 Å². The van der Waals surface area contributed by atoms with Crippen LogP contribution >= 0.6 is 11.8 Å². The van der Waals surface area contributed by atoms with Gasteiger partial charge in [-0.15, -0.1) is 0 Å². The van der Waals surface area contributed by atoms with Crippen LogP contribution in [0, 0.1) is 27.7 Å². The first-order valence-electron chi connectivity index (χ1n) is 10.9. The molecular formula is C25H31N3OS. The second-order valence-corrected chi connectivity index (χ2v) is 9.38. The number of carbonyl (C=O) groups excluding carboxylic acids is 1. The molecule has 2 heterocycles. The van der Waals surface area contributed by atoms with Gasteiger partial charge in [0, 0.05) is 35.2 Å². The Bertz CT molecular complexity index is 1040. The summed E-state index contributed by atoms with van der Waals surface area (Å²) in [5, 5.41) is 1.00. The number of nitrogens with zero attached hydrogens (tertiary/aromatic N) is 3. The van der Waals surface area contributed by atoms with Crippen LogP contribution in [-0.2, 0) is 6.54 Å². The summed E-state index contributed by atoms with van der Waals surface area (Å²) in [5.74, 6) is 0.613. The molecule has 1 fully saturated rings. The number of hydrogen-bond donors (Lipinski definition) is 0. The fraction of sp³-hybridized carbons (Fsp3) is 0.440. The number of imidazole rings is 1. The Balaban J connectivity index is 1.50. The van der Waals surface area contributed by atoms with Crippen LogP contribution in [0.5, 0.6) is 0 Å². The highest BCUT2D eigenvalue weighted by Gasteiger charge is 2.24. The Hall–Kier alpha value is -2.27. The van der Waals surface area contributed by atoms with Gasteiger partial charge in [0.2, 0.25) is 0 Å². The van der Waals surface area contributed by atoms with E-state index in [1.54, 1.807) is 11.8 Å². The minimum Gasteiger partial charge on any atom is -0.344 e. The maximum absolute atomic E-state index is 13.1. The van der Waals surface area contributed by atoms with E-state index in [0.717, 1.165) is 34.3 Å². The lowest BCUT2D eigenvalue weighted by atomic mass is 10.2. The molecule has 0 spiro atoms. The highest BCUT2D eigenvalue weighted by Crippen LogP contribution is 2.35. The van der Waals surface area contributed by atoms with Crippen molar-refractivity contribution in [2.24, 2.45) is 0 Å². The molecule has 2 aromatic heterocycles. The number of hydrogen-bond acceptors (Lipinski definition) is 3. The molecule has 4 rings (SSSR count). The number of rotatable bonds is 7. The normalized spacial score (nSPS) is 14.5. The van der Waals surface area contributed by atoms with Crippen LogP contribution in [0.1, 0.15) is 70.4 Å². The number of thioether (sulfide) groups is 1. The van der Waals surface area contributed by atoms with Crippen molar-refractivity contribution < 1.29 is 4.79 Å². The molecule has 0 atom stereocenters. The zero-order valence-corrected chi connectivity index (χ0v) is 19.3. The summed E-state index contributed by atoms with van der Waals surface area (Å²) in [4.78, 5) is 17.9. The minimum absolute atomic E-state index is 0.184. The van der Waals surface area contributed by atoms with E-state index in [4.69, 9.17) is 4.98 Å². The molecule has 0 saturated heterocycles. The fourth-order valence-electron chi connectivity index (χ4n) is 4.59. The Morgan fingerprint density at radius 3 is 2.47 bits per heavy atom. The fourth-order valence-corrected chi connectivity index (χ4v) is 5.63. The highest BCUT2D eigenvalue weighted by atomic mass is 32.2. The van der Waals surface area contributed by atoms with Gasteiger partial charge in [0.25, 0.3) is 0 Å². The Morgan fingerprint density at radius 1 is 1.07 bits per heavy atom. The topological polar surface area (TPSA) is 39.8 Å². The summed E-state index contributed by atoms with van der Waals surface area (Å²) in [7, 11) is 0. The molecule has 0 unspecified atom stereocenters. The second-order valence-electron chi connectivity index (χ2n) is 8.44. The van der Waals surface area contributed by atoms with Crippen LogP contribution in [0.25, 0.3) is 0 Å². The van der Waals surface area contributed by atoms with Crippen molar-refractivity contribution in [2.75, 3.05) is 5.75 Å². The molecule has 0 N–H and O–H groups in total. The van der Waals surface area contributed by atoms with E-state index < -0.39 is 0 Å². The van der Waals surface area contributed by atoms with Gasteiger partial charge in [-0.1, -0.05) is 54.9 Å². The lowest BCUT2D eigenvalue weighted by Crippen LogP contribution is -2.10. The van der Waals surface area contributed by atoms with E-state index in [1.165, 1.54) is 36.9 Å². The summed E-state index contributed by atoms with van der Waals surface area (Å²) < 4.78 is 4.62. The first-order valence-corrected chi connectivity index (χ1v) is 11.9. The maximum atomic E-state index is 13.1. The van der Waals surface area contributed by atoms with Gasteiger partial charge in [-0.25, -0.2) is 4.98 Å². The van der Waals surface area contributed by atoms with Gasteiger partial charge < -0.3 is 9.13 Å². The van der Waals surface area contributed by atoms with Gasteiger partial charge in [-0.05, 0) is 52.2 Å². The van der Waals surface area contributed by atoms with Gasteiger partial charge in [0.15, 0.2) is 10.9 Å². The number of benzene rings is 1. The molecule has 4 nitrogen and oxygen atoms in total. The predicted octanol–water partition coefficient (Wildman–Crippen LogP) is 6.06. The van der Waals surface area contributed by atoms with E-state index in [0.29, 0.717) is 11.8 Å². The minimum atomic E-state index is 0.184. The lowest BCUT2D eigenvalue weighted by molar-refractivity contribution is 0.102. The van der Waals surface area contributed by atoms with E-state index in [1.807, 2.05) is 12.1 Å². The molecular weight excluding hydrogens is 390 g/mol. The number of Topliss-reactive ketones (excluding diaryl/α,β-unsaturated/α-hetero) is 1. The van der Waals surface area contributed by atoms with Gasteiger partial charge in [0.05, 0.1) is 11.4 Å². The van der Waals surface area contributed by atoms with Crippen molar-refractivity contribution in [2.45, 2.75) is 71.1 Å². The molecule has 1 aliphatic rings. The standard InChI is InChI=1S/C25H31N3OS/c1-17-14-23(20(4)27(17)15-21-10-6-5-7-11-21)24(29)16-30-25-26-18(2)19(3)28(25)22-12-8-9-13-22/h5-7,10-11,14,22H,8-9,12-13,15-16H2,1-4H3. The molecule has 1 aliphatic carbocycles. The quantitative estimate of drug-likeness (QED) is 0.344. The number of carbonyl (C=O) groups is 1. The number of aromatic nitrogens is 3. The van der Waals surface area contributed by atoms with Crippen molar-refractivity contribution in [3.05, 3.63) is 70.3 Å². The third kappa shape index (κ3) is 4.13. The van der Waals surface area contributed by atoms with Crippen molar-refractivity contribution in [3.8, 4) is 0 Å². The van der Waals surface area contributed by atoms with Crippen molar-refractivity contribution >= 4 is 17.5 Å². The van der Waals surface area contributed by atoms with Crippen LogP contribution in [0.15, 0.2) is 41.6 Å². The third-order valence-corrected chi connectivity index (χ3v) is 7.39. The SMILES string of the molecule is Cc1nc(SCC(=O)c2cc(C)n(Cc3ccccc3)c2C)n(C2CCCC2)c1C. The summed E-state index contributed by atoms with van der Waals surface area (Å²) >= 11 is 1.59. The van der Waals surface area contributed by atoms with E-state index >= 15 is 0 Å². The Morgan fingerprint density at radius 2 is 1.77 bits per heavy atom. The molecule has 1 aromatic carbocycles. The molecule has 0 radical (unpaired) electrons. The molecule has 30 heavy (non-hydrogen) atoms. The van der Waals surface area contributed by atoms with Gasteiger partial charge in [-0.3, -0.25) is 4.79 Å². The largest absolute Gasteiger partial charge is 0.344 e. The van der Waals surface area contributed by atoms with Crippen LogP contribution in [-0.4, -0.2) is 25.7 Å². The molecule has 3 aromatic rings. The molecule has 0 aliphatic heterocycles. The smallest absolute Gasteiger partial charge is 0.175 e. The van der Waals surface area contributed by atoms with Crippen molar-refractivity contribution in [3.63, 3.8) is 0 Å². The van der Waals surface area contributed by atoms with Crippen molar-refractivity contribution in [1.29, 1.82) is 0 Å². The number of ketones is 1. The zero-order valence-electron chi connectivity index (χ0n) is 18.4. The van der Waals surface area contributed by atoms with Gasteiger partial charge in [0.1, 0.15) is 0 Å². The average molecular weight is 422 g/mol. The van der Waals surface area contributed by atoms with Crippen LogP contribution in [0.3, 0.4) is 0 Å². The Labute approximate surface area is 183 Å². The van der Waals surface area contributed by atoms with Crippen molar-refractivity contribution in [1.82, 2.24) is 14.1 Å². The van der Waals surface area contributed by atoms with Crippen LogP contribution < -0.4 is 0 Å². The van der Waals surface area contributed by atoms with E-state index in [-0.39, 0.29) is 5.78 Å². The van der Waals surface area contributed by atoms with E-state index in [9.17, 15) is 4.79 Å². The van der Waals surface area contributed by atoms with Gasteiger partial charge in [-0.2, -0.15) is 0 Å². The first kappa shape index (κ1) is 21.0. The zero-order chi connectivity index (χ0) is 21.3. The molecule has 5 heteroatoms. The van der Waals surface area contributed by atoms with Crippen LogP contribution in [0.2, 0.25) is 0 Å². The maximum Gasteiger partial charge on any atom is 0.175 e. The third-order valence-electron chi connectivity index (χ3n) is 6.43. The summed E-state index contributed by atoms with van der Waals surface area (Å²) in [6, 6.07) is 13.0. The first-order chi connectivity index (χ1) is 14.5. The average Bonchev–Trinajstić information content (AvgIpc) is 3.43. The lowest BCUT2D eigenvalue weighted by Gasteiger charge is -2.16. The highest BCUT2D eigenvalue weighted by molar-refractivity contribution is 7.99. The number of aryl methyl sites for hydroxylation is 2. The molecule has 158 valence electrons. The van der Waals surface area contributed by atoms with E-state index in [2.05, 4.69) is 61.1 Å². The summed E-state index contributed by atoms with van der Waals surface area (Å²) in [5.41, 5.74) is 6.59. The summed E-state index contributed by atoms with van der Waals surface area (Å²) in [6.45, 7) is 9.16. The molecule has 0 bridgehead atoms.